The number of nitrogens with zero attached hydrogens (tertiary/aromatic N) is 3. The summed E-state index contributed by atoms with van der Waals surface area (Å²) in [6.45, 7) is 9.56. The summed E-state index contributed by atoms with van der Waals surface area (Å²) < 4.78 is 11.6. The lowest BCUT2D eigenvalue weighted by Crippen LogP contribution is -2.48. The third-order valence-electron chi connectivity index (χ3n) is 6.35. The molecule has 2 saturated heterocycles. The number of benzene rings is 1. The second-order valence-corrected chi connectivity index (χ2v) is 9.26. The van der Waals surface area contributed by atoms with Crippen molar-refractivity contribution in [3.8, 4) is 5.75 Å². The molecule has 0 N–H and O–H groups in total. The number of pyridine rings is 1. The van der Waals surface area contributed by atoms with Crippen LogP contribution >= 0.6 is 0 Å². The summed E-state index contributed by atoms with van der Waals surface area (Å²) in [6.07, 6.45) is 8.09. The number of aromatic nitrogens is 1. The number of morpholine rings is 1. The molecular formula is C27H35N3O3. The van der Waals surface area contributed by atoms with E-state index >= 15 is 0 Å². The standard InChI is InChI=1S/C27H35N3O3/c1-21-17-29(18-22(2)33-21)19-24-12-15-30(16-13-24)27(31)11-8-23-6-9-26(10-7-23)32-20-25-5-3-4-14-28-25/h3-11,14,21-22,24H,12-13,15-20H2,1-2H3/b11-8+. The first-order valence-electron chi connectivity index (χ1n) is 12.0. The second kappa shape index (κ2) is 11.4. The Morgan fingerprint density at radius 1 is 1.09 bits per heavy atom. The Hall–Kier alpha value is -2.70. The number of rotatable bonds is 7. The van der Waals surface area contributed by atoms with Crippen molar-refractivity contribution in [2.24, 2.45) is 5.92 Å². The van der Waals surface area contributed by atoms with Gasteiger partial charge in [-0.05, 0) is 68.5 Å². The molecule has 0 saturated carbocycles. The van der Waals surface area contributed by atoms with E-state index in [9.17, 15) is 4.79 Å². The van der Waals surface area contributed by atoms with E-state index in [0.29, 0.717) is 24.7 Å². The highest BCUT2D eigenvalue weighted by atomic mass is 16.5. The monoisotopic (exact) mass is 449 g/mol. The number of likely N-dealkylation sites (tertiary alicyclic amines) is 1. The second-order valence-electron chi connectivity index (χ2n) is 9.26. The molecule has 2 atom stereocenters. The van der Waals surface area contributed by atoms with Gasteiger partial charge in [0.15, 0.2) is 0 Å². The van der Waals surface area contributed by atoms with Crippen LogP contribution in [0, 0.1) is 5.92 Å². The van der Waals surface area contributed by atoms with E-state index in [1.807, 2.05) is 53.4 Å². The number of ether oxygens (including phenoxy) is 2. The van der Waals surface area contributed by atoms with Crippen LogP contribution < -0.4 is 4.74 Å². The molecule has 3 heterocycles. The first-order chi connectivity index (χ1) is 16.0. The van der Waals surface area contributed by atoms with Gasteiger partial charge in [0, 0.05) is 45.0 Å². The highest BCUT2D eigenvalue weighted by Gasteiger charge is 2.27. The van der Waals surface area contributed by atoms with Gasteiger partial charge in [0.05, 0.1) is 17.9 Å². The minimum absolute atomic E-state index is 0.0949. The molecule has 1 aromatic heterocycles. The number of amides is 1. The van der Waals surface area contributed by atoms with Crippen LogP contribution in [0.15, 0.2) is 54.7 Å². The Labute approximate surface area is 197 Å². The average molecular weight is 450 g/mol. The molecule has 0 bridgehead atoms. The molecule has 4 rings (SSSR count). The van der Waals surface area contributed by atoms with Gasteiger partial charge < -0.3 is 14.4 Å². The minimum Gasteiger partial charge on any atom is -0.487 e. The third-order valence-corrected chi connectivity index (χ3v) is 6.35. The van der Waals surface area contributed by atoms with E-state index in [2.05, 4.69) is 23.7 Å². The van der Waals surface area contributed by atoms with Gasteiger partial charge in [-0.25, -0.2) is 0 Å². The summed E-state index contributed by atoms with van der Waals surface area (Å²) >= 11 is 0. The van der Waals surface area contributed by atoms with Crippen LogP contribution in [0.4, 0.5) is 0 Å². The van der Waals surface area contributed by atoms with Crippen LogP contribution in [0.2, 0.25) is 0 Å². The van der Waals surface area contributed by atoms with Crippen molar-refractivity contribution in [2.75, 3.05) is 32.7 Å². The quantitative estimate of drug-likeness (QED) is 0.598. The molecule has 1 amide bonds. The SMILES string of the molecule is CC1CN(CC2CCN(C(=O)/C=C/c3ccc(OCc4ccccn4)cc3)CC2)CC(C)O1. The molecule has 2 aromatic rings. The fourth-order valence-electron chi connectivity index (χ4n) is 4.72. The van der Waals surface area contributed by atoms with E-state index < -0.39 is 0 Å². The largest absolute Gasteiger partial charge is 0.487 e. The Morgan fingerprint density at radius 3 is 2.48 bits per heavy atom. The van der Waals surface area contributed by atoms with E-state index in [0.717, 1.165) is 62.6 Å². The van der Waals surface area contributed by atoms with Crippen molar-refractivity contribution < 1.29 is 14.3 Å². The zero-order valence-corrected chi connectivity index (χ0v) is 19.7. The fourth-order valence-corrected chi connectivity index (χ4v) is 4.72. The van der Waals surface area contributed by atoms with Crippen molar-refractivity contribution in [3.63, 3.8) is 0 Å². The minimum atomic E-state index is 0.0949. The van der Waals surface area contributed by atoms with E-state index in [1.165, 1.54) is 0 Å². The number of hydrogen-bond acceptors (Lipinski definition) is 5. The van der Waals surface area contributed by atoms with E-state index in [4.69, 9.17) is 9.47 Å². The molecule has 0 radical (unpaired) electrons. The van der Waals surface area contributed by atoms with Crippen molar-refractivity contribution in [2.45, 2.75) is 45.5 Å². The van der Waals surface area contributed by atoms with Crippen LogP contribution in [-0.2, 0) is 16.1 Å². The third kappa shape index (κ3) is 7.14. The van der Waals surface area contributed by atoms with Gasteiger partial charge in [0.25, 0.3) is 0 Å². The topological polar surface area (TPSA) is 54.9 Å². The van der Waals surface area contributed by atoms with E-state index in [1.54, 1.807) is 12.3 Å². The first-order valence-corrected chi connectivity index (χ1v) is 12.0. The normalized spacial score (nSPS) is 22.5. The van der Waals surface area contributed by atoms with Crippen molar-refractivity contribution in [1.29, 1.82) is 0 Å². The summed E-state index contributed by atoms with van der Waals surface area (Å²) in [7, 11) is 0. The molecule has 176 valence electrons. The maximum Gasteiger partial charge on any atom is 0.246 e. The lowest BCUT2D eigenvalue weighted by Gasteiger charge is -2.39. The van der Waals surface area contributed by atoms with Crippen LogP contribution in [0.1, 0.15) is 37.9 Å². The molecule has 0 spiro atoms. The van der Waals surface area contributed by atoms with Gasteiger partial charge in [-0.2, -0.15) is 0 Å². The van der Waals surface area contributed by atoms with Crippen molar-refractivity contribution in [1.82, 2.24) is 14.8 Å². The zero-order valence-electron chi connectivity index (χ0n) is 19.7. The Morgan fingerprint density at radius 2 is 1.82 bits per heavy atom. The highest BCUT2D eigenvalue weighted by molar-refractivity contribution is 5.91. The highest BCUT2D eigenvalue weighted by Crippen LogP contribution is 2.21. The summed E-state index contributed by atoms with van der Waals surface area (Å²) in [6, 6.07) is 13.6. The maximum absolute atomic E-state index is 12.7. The molecule has 2 fully saturated rings. The lowest BCUT2D eigenvalue weighted by atomic mass is 9.95. The van der Waals surface area contributed by atoms with Gasteiger partial charge in [0.2, 0.25) is 5.91 Å². The molecule has 6 nitrogen and oxygen atoms in total. The Bertz CT molecular complexity index is 898. The van der Waals surface area contributed by atoms with Gasteiger partial charge in [-0.15, -0.1) is 0 Å². The summed E-state index contributed by atoms with van der Waals surface area (Å²) in [5, 5.41) is 0. The average Bonchev–Trinajstić information content (AvgIpc) is 2.82. The maximum atomic E-state index is 12.7. The molecular weight excluding hydrogens is 414 g/mol. The van der Waals surface area contributed by atoms with Crippen LogP contribution in [0.3, 0.4) is 0 Å². The number of carbonyl (C=O) groups is 1. The number of carbonyl (C=O) groups excluding carboxylic acids is 1. The molecule has 2 aliphatic heterocycles. The summed E-state index contributed by atoms with van der Waals surface area (Å²) in [5.41, 5.74) is 1.88. The molecule has 2 aliphatic rings. The molecule has 0 aliphatic carbocycles. The van der Waals surface area contributed by atoms with Crippen LogP contribution in [-0.4, -0.2) is 65.6 Å². The van der Waals surface area contributed by atoms with E-state index in [-0.39, 0.29) is 5.91 Å². The predicted molar refractivity (Wildman–Crippen MR) is 130 cm³/mol. The summed E-state index contributed by atoms with van der Waals surface area (Å²) in [5.74, 6) is 1.54. The first kappa shape index (κ1) is 23.5. The zero-order chi connectivity index (χ0) is 23.0. The molecule has 1 aromatic carbocycles. The number of piperidine rings is 1. The van der Waals surface area contributed by atoms with Gasteiger partial charge >= 0.3 is 0 Å². The van der Waals surface area contributed by atoms with Crippen LogP contribution in [0.25, 0.3) is 6.08 Å². The molecule has 33 heavy (non-hydrogen) atoms. The summed E-state index contributed by atoms with van der Waals surface area (Å²) in [4.78, 5) is 21.4. The lowest BCUT2D eigenvalue weighted by molar-refractivity contribution is -0.127. The Kier molecular flexibility index (Phi) is 8.13. The van der Waals surface area contributed by atoms with Gasteiger partial charge in [-0.1, -0.05) is 18.2 Å². The fraction of sp³-hybridized carbons (Fsp3) is 0.481. The molecule has 6 heteroatoms. The van der Waals surface area contributed by atoms with Gasteiger partial charge in [0.1, 0.15) is 12.4 Å². The number of hydrogen-bond donors (Lipinski definition) is 0. The van der Waals surface area contributed by atoms with Gasteiger partial charge in [-0.3, -0.25) is 14.7 Å². The smallest absolute Gasteiger partial charge is 0.246 e. The predicted octanol–water partition coefficient (Wildman–Crippen LogP) is 4.02. The molecule has 2 unspecified atom stereocenters. The van der Waals surface area contributed by atoms with Crippen molar-refractivity contribution >= 4 is 12.0 Å². The van der Waals surface area contributed by atoms with Crippen molar-refractivity contribution in [3.05, 3.63) is 66.0 Å². The van der Waals surface area contributed by atoms with Crippen LogP contribution in [0.5, 0.6) is 5.75 Å². The Balaban J connectivity index is 1.20.